The zero-order valence-electron chi connectivity index (χ0n) is 15.4. The van der Waals surface area contributed by atoms with Crippen LogP contribution < -0.4 is 0 Å². The third-order valence-corrected chi connectivity index (χ3v) is 4.24. The number of nitrogens with zero attached hydrogens (tertiary/aromatic N) is 1. The fourth-order valence-corrected chi connectivity index (χ4v) is 3.04. The number of hydrogen-bond acceptors (Lipinski definition) is 5. The molecule has 1 atom stereocenters. The molecule has 0 spiro atoms. The van der Waals surface area contributed by atoms with Crippen molar-refractivity contribution >= 4 is 16.1 Å². The number of benzene rings is 1. The van der Waals surface area contributed by atoms with Crippen LogP contribution in [0.3, 0.4) is 0 Å². The first-order chi connectivity index (χ1) is 11.5. The third kappa shape index (κ3) is 8.18. The van der Waals surface area contributed by atoms with Crippen LogP contribution in [0.5, 0.6) is 0 Å². The molecular formula is C18H27NO5S. The maximum absolute atomic E-state index is 12.2. The van der Waals surface area contributed by atoms with E-state index in [1.807, 2.05) is 30.3 Å². The van der Waals surface area contributed by atoms with Gasteiger partial charge < -0.3 is 9.47 Å². The minimum atomic E-state index is -3.75. The average molecular weight is 369 g/mol. The Hall–Kier alpha value is -1.86. The number of ether oxygens (including phenoxy) is 2. The molecule has 1 aromatic rings. The van der Waals surface area contributed by atoms with Crippen LogP contribution in [-0.4, -0.2) is 43.3 Å². The fraction of sp³-hybridized carbons (Fsp3) is 0.500. The first kappa shape index (κ1) is 21.2. The lowest BCUT2D eigenvalue weighted by Gasteiger charge is -2.28. The van der Waals surface area contributed by atoms with Crippen molar-refractivity contribution in [3.63, 3.8) is 0 Å². The van der Waals surface area contributed by atoms with Crippen molar-refractivity contribution < 1.29 is 22.7 Å². The van der Waals surface area contributed by atoms with E-state index >= 15 is 0 Å². The maximum atomic E-state index is 12.2. The molecule has 0 fully saturated rings. The van der Waals surface area contributed by atoms with E-state index in [4.69, 9.17) is 9.47 Å². The summed E-state index contributed by atoms with van der Waals surface area (Å²) in [6, 6.07) is 9.04. The van der Waals surface area contributed by atoms with Crippen molar-refractivity contribution in [3.05, 3.63) is 48.0 Å². The molecule has 6 nitrogen and oxygen atoms in total. The highest BCUT2D eigenvalue weighted by Gasteiger charge is 2.31. The minimum Gasteiger partial charge on any atom is -0.443 e. The normalized spacial score (nSPS) is 13.6. The van der Waals surface area contributed by atoms with E-state index in [2.05, 4.69) is 0 Å². The lowest BCUT2D eigenvalue weighted by atomic mass is 10.2. The first-order valence-corrected chi connectivity index (χ1v) is 9.86. The maximum Gasteiger partial charge on any atom is 0.424 e. The van der Waals surface area contributed by atoms with Gasteiger partial charge in [0.05, 0.1) is 25.5 Å². The number of rotatable bonds is 7. The van der Waals surface area contributed by atoms with Gasteiger partial charge in [-0.15, -0.1) is 0 Å². The smallest absolute Gasteiger partial charge is 0.424 e. The molecule has 1 amide bonds. The van der Waals surface area contributed by atoms with Gasteiger partial charge in [-0.05, 0) is 33.3 Å². The van der Waals surface area contributed by atoms with Gasteiger partial charge in [0.25, 0.3) is 0 Å². The van der Waals surface area contributed by atoms with Gasteiger partial charge in [-0.25, -0.2) is 13.2 Å². The summed E-state index contributed by atoms with van der Waals surface area (Å²) in [4.78, 5) is 12.2. The molecular weight excluding hydrogens is 342 g/mol. The first-order valence-electron chi connectivity index (χ1n) is 8.01. The van der Waals surface area contributed by atoms with Gasteiger partial charge in [0.1, 0.15) is 5.60 Å². The van der Waals surface area contributed by atoms with Gasteiger partial charge in [-0.3, -0.25) is 0 Å². The number of amides is 1. The van der Waals surface area contributed by atoms with Crippen LogP contribution in [0.1, 0.15) is 33.3 Å². The van der Waals surface area contributed by atoms with Crippen molar-refractivity contribution in [2.24, 2.45) is 0 Å². The summed E-state index contributed by atoms with van der Waals surface area (Å²) in [5.41, 5.74) is 0.276. The van der Waals surface area contributed by atoms with Crippen molar-refractivity contribution in [1.29, 1.82) is 0 Å². The molecule has 0 saturated heterocycles. The Morgan fingerprint density at radius 1 is 1.24 bits per heavy atom. The summed E-state index contributed by atoms with van der Waals surface area (Å²) in [5.74, 6) is 0. The summed E-state index contributed by atoms with van der Waals surface area (Å²) in [7, 11) is -3.75. The Bertz CT molecular complexity index is 677. The number of carbonyl (C=O) groups is 1. The predicted molar refractivity (Wildman–Crippen MR) is 97.6 cm³/mol. The Balaban J connectivity index is 2.63. The largest absolute Gasteiger partial charge is 0.443 e. The van der Waals surface area contributed by atoms with Gasteiger partial charge >= 0.3 is 6.09 Å². The van der Waals surface area contributed by atoms with Gasteiger partial charge in [-0.1, -0.05) is 42.5 Å². The molecule has 140 valence electrons. The highest BCUT2D eigenvalue weighted by molar-refractivity contribution is 7.88. The van der Waals surface area contributed by atoms with Crippen molar-refractivity contribution in [3.8, 4) is 0 Å². The van der Waals surface area contributed by atoms with Crippen LogP contribution in [0.4, 0.5) is 4.79 Å². The number of sulfonamides is 1. The SMILES string of the molecule is C[C@H](/C=C\COCc1ccccc1)N(C(=O)OC(C)(C)C)S(C)(=O)=O. The van der Waals surface area contributed by atoms with Crippen molar-refractivity contribution in [2.75, 3.05) is 12.9 Å². The van der Waals surface area contributed by atoms with Crippen LogP contribution in [-0.2, 0) is 26.1 Å². The molecule has 0 saturated carbocycles. The lowest BCUT2D eigenvalue weighted by Crippen LogP contribution is -2.44. The summed E-state index contributed by atoms with van der Waals surface area (Å²) < 4.78 is 35.3. The van der Waals surface area contributed by atoms with Gasteiger partial charge in [0.2, 0.25) is 10.0 Å². The summed E-state index contributed by atoms with van der Waals surface area (Å²) in [6.45, 7) is 7.43. The molecule has 0 radical (unpaired) electrons. The fourth-order valence-electron chi connectivity index (χ4n) is 2.06. The molecule has 7 heteroatoms. The second-order valence-electron chi connectivity index (χ2n) is 6.71. The Morgan fingerprint density at radius 3 is 2.36 bits per heavy atom. The zero-order chi connectivity index (χ0) is 19.1. The van der Waals surface area contributed by atoms with Crippen LogP contribution in [0.2, 0.25) is 0 Å². The van der Waals surface area contributed by atoms with E-state index in [0.29, 0.717) is 13.2 Å². The van der Waals surface area contributed by atoms with Crippen LogP contribution in [0, 0.1) is 0 Å². The summed E-state index contributed by atoms with van der Waals surface area (Å²) in [5, 5.41) is 0. The number of hydrogen-bond donors (Lipinski definition) is 0. The van der Waals surface area contributed by atoms with Gasteiger partial charge in [0, 0.05) is 0 Å². The van der Waals surface area contributed by atoms with Crippen LogP contribution >= 0.6 is 0 Å². The standard InChI is InChI=1S/C18H27NO5S/c1-15(10-9-13-23-14-16-11-7-6-8-12-16)19(25(5,21)22)17(20)24-18(2,3)4/h6-12,15H,13-14H2,1-5H3/b10-9-/t15-/m1/s1. The molecule has 0 aliphatic rings. The molecule has 0 aliphatic heterocycles. The van der Waals surface area contributed by atoms with Gasteiger partial charge in [-0.2, -0.15) is 4.31 Å². The molecule has 0 N–H and O–H groups in total. The Labute approximate surface area is 150 Å². The van der Waals surface area contributed by atoms with Crippen molar-refractivity contribution in [2.45, 2.75) is 45.9 Å². The van der Waals surface area contributed by atoms with Crippen molar-refractivity contribution in [1.82, 2.24) is 4.31 Å². The third-order valence-electron chi connectivity index (χ3n) is 3.04. The van der Waals surface area contributed by atoms with E-state index in [0.717, 1.165) is 16.1 Å². The number of carbonyl (C=O) groups excluding carboxylic acids is 1. The summed E-state index contributed by atoms with van der Waals surface area (Å²) >= 11 is 0. The monoisotopic (exact) mass is 369 g/mol. The molecule has 0 aromatic heterocycles. The second kappa shape index (κ2) is 9.01. The minimum absolute atomic E-state index is 0.311. The molecule has 1 rings (SSSR count). The quantitative estimate of drug-likeness (QED) is 0.544. The molecule has 0 unspecified atom stereocenters. The molecule has 0 bridgehead atoms. The molecule has 0 heterocycles. The topological polar surface area (TPSA) is 72.9 Å². The van der Waals surface area contributed by atoms with E-state index in [1.165, 1.54) is 0 Å². The van der Waals surface area contributed by atoms with E-state index < -0.39 is 27.8 Å². The lowest BCUT2D eigenvalue weighted by molar-refractivity contribution is 0.0369. The molecule has 1 aromatic carbocycles. The highest BCUT2D eigenvalue weighted by atomic mass is 32.2. The van der Waals surface area contributed by atoms with E-state index in [1.54, 1.807) is 39.8 Å². The zero-order valence-corrected chi connectivity index (χ0v) is 16.2. The molecule has 0 aliphatic carbocycles. The van der Waals surface area contributed by atoms with Crippen LogP contribution in [0.15, 0.2) is 42.5 Å². The van der Waals surface area contributed by atoms with E-state index in [9.17, 15) is 13.2 Å². The highest BCUT2D eigenvalue weighted by Crippen LogP contribution is 2.15. The second-order valence-corrected chi connectivity index (χ2v) is 8.57. The summed E-state index contributed by atoms with van der Waals surface area (Å²) in [6.07, 6.45) is 3.39. The Morgan fingerprint density at radius 2 is 1.84 bits per heavy atom. The van der Waals surface area contributed by atoms with Gasteiger partial charge in [0.15, 0.2) is 0 Å². The van der Waals surface area contributed by atoms with E-state index in [-0.39, 0.29) is 0 Å². The van der Waals surface area contributed by atoms with Crippen LogP contribution in [0.25, 0.3) is 0 Å². The predicted octanol–water partition coefficient (Wildman–Crippen LogP) is 3.34. The average Bonchev–Trinajstić information content (AvgIpc) is 2.44. The Kier molecular flexibility index (Phi) is 7.63. The molecule has 25 heavy (non-hydrogen) atoms.